The van der Waals surface area contributed by atoms with Gasteiger partial charge in [-0.05, 0) is 68.1 Å². The second-order valence-electron chi connectivity index (χ2n) is 16.5. The number of nitrogens with zero attached hydrogens (tertiary/aromatic N) is 2. The number of methoxy groups -OCH3 is 1. The van der Waals surface area contributed by atoms with E-state index in [-0.39, 0.29) is 61.4 Å². The molecule has 18 nitrogen and oxygen atoms in total. The largest absolute Gasteiger partial charge is 0.480 e. The molecule has 0 saturated carbocycles. The minimum Gasteiger partial charge on any atom is -0.480 e. The zero-order chi connectivity index (χ0) is 57.5. The number of carboxylic acid groups (broad SMARTS) is 1. The van der Waals surface area contributed by atoms with Crippen molar-refractivity contribution < 1.29 is 72.0 Å². The number of nitrogens with two attached hydrogens (primary N) is 2. The fraction of sp³-hybridized carbons (Fsp3) is 0.327. The number of benzene rings is 3. The average Bonchev–Trinajstić information content (AvgIpc) is 3.95. The topological polar surface area (TPSA) is 294 Å². The number of carbonyl (C=O) groups is 9. The van der Waals surface area contributed by atoms with Gasteiger partial charge in [-0.25, -0.2) is 9.23 Å². The van der Waals surface area contributed by atoms with Gasteiger partial charge < -0.3 is 36.3 Å². The smallest absolute Gasteiger partial charge is 0.324 e. The molecule has 76 heavy (non-hydrogen) atoms. The number of carboxylic acids is 1. The van der Waals surface area contributed by atoms with Crippen molar-refractivity contribution in [3.05, 3.63) is 169 Å². The van der Waals surface area contributed by atoms with Gasteiger partial charge in [0, 0.05) is 29.5 Å². The molecule has 4 amide bonds. The minimum atomic E-state index is -1.03. The van der Waals surface area contributed by atoms with Crippen LogP contribution < -0.4 is 16.3 Å². The Bertz CT molecular complexity index is 2210. The number of esters is 1. The molecule has 6 atom stereocenters. The quantitative estimate of drug-likeness (QED) is 0.0169. The number of nitrogens with one attached hydrogen (secondary N) is 1. The first-order valence-corrected chi connectivity index (χ1v) is 23.8. The summed E-state index contributed by atoms with van der Waals surface area (Å²) in [5.41, 5.74) is 12.5. The first-order valence-electron chi connectivity index (χ1n) is 23.5. The number of aliphatic hydroxyl groups is 2. The number of aldehydes is 1. The zero-order valence-corrected chi connectivity index (χ0v) is 42.9. The number of hydrogen-bond acceptors (Lipinski definition) is 15. The van der Waals surface area contributed by atoms with E-state index in [0.29, 0.717) is 65.4 Å². The summed E-state index contributed by atoms with van der Waals surface area (Å²) >= 11 is 5.22. The molecule has 3 aromatic carbocycles. The number of aliphatic carboxylic acids is 1. The first kappa shape index (κ1) is 66.6. The molecule has 0 aromatic heterocycles. The Hall–Kier alpha value is -7.46. The molecule has 8 N–H and O–H groups in total. The minimum absolute atomic E-state index is 0.0476. The monoisotopic (exact) mass is 1080 g/mol. The summed E-state index contributed by atoms with van der Waals surface area (Å²) < 4.78 is 30.1. The van der Waals surface area contributed by atoms with E-state index in [1.165, 1.54) is 19.3 Å². The first-order chi connectivity index (χ1) is 36.4. The van der Waals surface area contributed by atoms with Gasteiger partial charge in [-0.2, -0.15) is 0 Å². The highest BCUT2D eigenvalue weighted by Crippen LogP contribution is 2.33. The molecule has 2 aliphatic heterocycles. The van der Waals surface area contributed by atoms with Crippen LogP contribution in [0.5, 0.6) is 0 Å². The van der Waals surface area contributed by atoms with Crippen LogP contribution in [0.4, 0.5) is 8.78 Å². The van der Waals surface area contributed by atoms with Crippen LogP contribution in [0.1, 0.15) is 101 Å². The molecule has 2 heterocycles. The number of alkyl halides is 2. The van der Waals surface area contributed by atoms with Gasteiger partial charge >= 0.3 is 11.9 Å². The molecule has 0 bridgehead atoms. The van der Waals surface area contributed by atoms with Gasteiger partial charge in [0.1, 0.15) is 25.0 Å². The summed E-state index contributed by atoms with van der Waals surface area (Å²) in [5, 5.41) is 25.7. The van der Waals surface area contributed by atoms with Crippen molar-refractivity contribution in [2.75, 3.05) is 33.7 Å². The van der Waals surface area contributed by atoms with Crippen LogP contribution in [-0.4, -0.2) is 142 Å². The van der Waals surface area contributed by atoms with Gasteiger partial charge in [-0.15, -0.1) is 32.9 Å². The maximum Gasteiger partial charge on any atom is 0.324 e. The average molecular weight is 1080 g/mol. The number of fused-ring (bicyclic) bond motifs is 3. The third kappa shape index (κ3) is 18.7. The number of rotatable bonds is 22. The van der Waals surface area contributed by atoms with Crippen LogP contribution in [0.3, 0.4) is 0 Å². The third-order valence-corrected chi connectivity index (χ3v) is 11.5. The van der Waals surface area contributed by atoms with E-state index < -0.39 is 67.1 Å². The molecule has 410 valence electrons. The number of amides is 4. The second kappa shape index (κ2) is 35.7. The summed E-state index contributed by atoms with van der Waals surface area (Å²) in [4.78, 5) is 107. The standard InChI is InChI=1S/C13H12FNO2.C13H11FO3.C13H13NO3.C6H10ClNO2.C5H9NO2.C5H11NO/c1-2-5-9(8-14)15-12(16)10-6-3-4-7-11(10)13(15)17;14-7-8(5-6-15)11-12(16)9-3-1-2-4-10(9)13(11)17;1-2-5-9(8-15)14-12(16)10-6-3-4-7-11(10)13(14)17;1-3-4-5(8-7)6(9)10-2;1-2-3-4(6)5(7)8;1-2-3-5(6)4-7/h2-4,6-7,9H,1,5,8H2;1-4,6,8,11H,5,7H2;2-4,6-7,9,15H,1,5,8H2;3,5,8H,1,4H2,2H3;2,4H,1,3,6H2,(H,7,8);2,5,7H,1,3-4,6H2/t9-;8-;9-;5-;4-;5-/m000000/s1. The van der Waals surface area contributed by atoms with E-state index in [1.807, 2.05) is 0 Å². The number of aliphatic hydroxyl groups excluding tert-OH is 2. The van der Waals surface area contributed by atoms with Crippen LogP contribution in [0.15, 0.2) is 136 Å². The lowest BCUT2D eigenvalue weighted by Crippen LogP contribution is -2.41. The van der Waals surface area contributed by atoms with Gasteiger partial charge in [-0.3, -0.25) is 52.5 Å². The normalized spacial score (nSPS) is 15.1. The maximum absolute atomic E-state index is 12.9. The predicted molar refractivity (Wildman–Crippen MR) is 283 cm³/mol. The Kier molecular flexibility index (Phi) is 31.3. The lowest BCUT2D eigenvalue weighted by Gasteiger charge is -2.22. The van der Waals surface area contributed by atoms with Crippen molar-refractivity contribution in [2.24, 2.45) is 23.3 Å². The summed E-state index contributed by atoms with van der Waals surface area (Å²) in [7, 11) is 1.31. The Morgan fingerprint density at radius 2 is 1.01 bits per heavy atom. The third-order valence-electron chi connectivity index (χ3n) is 11.2. The van der Waals surface area contributed by atoms with E-state index in [1.54, 1.807) is 91.0 Å². The van der Waals surface area contributed by atoms with E-state index >= 15 is 0 Å². The van der Waals surface area contributed by atoms with Crippen molar-refractivity contribution in [3.63, 3.8) is 0 Å². The van der Waals surface area contributed by atoms with Crippen molar-refractivity contribution in [1.82, 2.24) is 14.6 Å². The highest BCUT2D eigenvalue weighted by Gasteiger charge is 2.43. The summed E-state index contributed by atoms with van der Waals surface area (Å²) in [6.07, 6.45) is 10.5. The van der Waals surface area contributed by atoms with E-state index in [4.69, 9.17) is 33.5 Å². The molecule has 6 rings (SSSR count). The number of halogens is 3. The van der Waals surface area contributed by atoms with Gasteiger partial charge in [0.15, 0.2) is 11.6 Å². The molecule has 0 saturated heterocycles. The second-order valence-corrected chi connectivity index (χ2v) is 16.7. The van der Waals surface area contributed by atoms with Crippen molar-refractivity contribution >= 4 is 65.2 Å². The van der Waals surface area contributed by atoms with Crippen LogP contribution in [-0.2, 0) is 19.1 Å². The lowest BCUT2D eigenvalue weighted by atomic mass is 9.87. The highest BCUT2D eigenvalue weighted by molar-refractivity contribution is 6.26. The molecule has 0 radical (unpaired) electrons. The number of Topliss-reactive ketones (excluding diaryl/α,β-unsaturated/α-hetero) is 2. The summed E-state index contributed by atoms with van der Waals surface area (Å²) in [5.74, 6) is -5.48. The lowest BCUT2D eigenvalue weighted by molar-refractivity contribution is -0.142. The predicted octanol–water partition coefficient (Wildman–Crippen LogP) is 5.98. The fourth-order valence-electron chi connectivity index (χ4n) is 7.23. The molecule has 0 fully saturated rings. The van der Waals surface area contributed by atoms with Crippen LogP contribution in [0, 0.1) is 11.8 Å². The number of carbonyl (C=O) groups excluding carboxylic acids is 8. The van der Waals surface area contributed by atoms with Crippen molar-refractivity contribution in [3.8, 4) is 0 Å². The molecule has 21 heteroatoms. The van der Waals surface area contributed by atoms with E-state index in [2.05, 4.69) is 42.5 Å². The van der Waals surface area contributed by atoms with Crippen LogP contribution in [0.2, 0.25) is 0 Å². The Balaban J connectivity index is 0.000000472. The number of imide groups is 2. The number of hydrogen-bond donors (Lipinski definition) is 6. The Labute approximate surface area is 445 Å². The molecule has 1 aliphatic carbocycles. The molecule has 3 aliphatic rings. The number of ether oxygens (including phenoxy) is 1. The van der Waals surface area contributed by atoms with Gasteiger partial charge in [0.25, 0.3) is 23.6 Å². The SMILES string of the molecule is C=CC[C@@H](CF)N1C(=O)c2ccccc2C1=O.C=CC[C@@H](CO)N1C(=O)c2ccccc2C1=O.C=CC[C@H](N)C(=O)O.C=CC[C@H](N)CO.C=CC[C@H](NCl)C(=O)OC.O=CC[C@@H](CF)C1C(=O)c2ccccc2C1=O. The van der Waals surface area contributed by atoms with Crippen LogP contribution >= 0.6 is 11.8 Å². The van der Waals surface area contributed by atoms with Gasteiger partial charge in [0.2, 0.25) is 0 Å². The fourth-order valence-corrected chi connectivity index (χ4v) is 7.41. The van der Waals surface area contributed by atoms with E-state index in [9.17, 15) is 57.0 Å². The highest BCUT2D eigenvalue weighted by atomic mass is 35.5. The number of ketones is 2. The maximum atomic E-state index is 12.9. The molecule has 3 aromatic rings. The zero-order valence-electron chi connectivity index (χ0n) is 42.1. The summed E-state index contributed by atoms with van der Waals surface area (Å²) in [6, 6.07) is 17.0. The Morgan fingerprint density at radius 1 is 0.632 bits per heavy atom. The Morgan fingerprint density at radius 3 is 1.29 bits per heavy atom. The van der Waals surface area contributed by atoms with Crippen molar-refractivity contribution in [2.45, 2.75) is 68.7 Å². The van der Waals surface area contributed by atoms with Gasteiger partial charge in [0.05, 0.1) is 67.3 Å². The molecular weight excluding hydrogens is 1010 g/mol. The van der Waals surface area contributed by atoms with Crippen LogP contribution in [0.25, 0.3) is 0 Å². The summed E-state index contributed by atoms with van der Waals surface area (Å²) in [6.45, 7) is 15.5. The molecule has 0 spiro atoms. The molecule has 0 unspecified atom stereocenters. The molecular formula is C55H66ClF2N5O13. The van der Waals surface area contributed by atoms with Gasteiger partial charge in [-0.1, -0.05) is 78.9 Å². The van der Waals surface area contributed by atoms with Crippen molar-refractivity contribution in [1.29, 1.82) is 0 Å². The van der Waals surface area contributed by atoms with E-state index in [0.717, 1.165) is 9.80 Å².